The normalized spacial score (nSPS) is 34.1. The summed E-state index contributed by atoms with van der Waals surface area (Å²) in [6.07, 6.45) is 12.8. The van der Waals surface area contributed by atoms with Crippen LogP contribution in [-0.2, 0) is 14.8 Å². The van der Waals surface area contributed by atoms with Gasteiger partial charge in [0, 0.05) is 24.7 Å². The third-order valence-electron chi connectivity index (χ3n) is 7.89. The molecule has 0 N–H and O–H groups in total. The highest BCUT2D eigenvalue weighted by molar-refractivity contribution is 7.99. The van der Waals surface area contributed by atoms with Crippen molar-refractivity contribution < 1.29 is 13.2 Å². The van der Waals surface area contributed by atoms with Crippen molar-refractivity contribution in [1.82, 2.24) is 9.29 Å². The van der Waals surface area contributed by atoms with E-state index in [2.05, 4.69) is 4.98 Å². The molecular formula is C23H32N2O3S2. The smallest absolute Gasteiger partial charge is 0.244 e. The number of aromatic nitrogens is 1. The van der Waals surface area contributed by atoms with Crippen molar-refractivity contribution in [3.8, 4) is 0 Å². The van der Waals surface area contributed by atoms with E-state index in [1.165, 1.54) is 37.2 Å². The lowest BCUT2D eigenvalue weighted by molar-refractivity contribution is -0.141. The second-order valence-electron chi connectivity index (χ2n) is 10.1. The third-order valence-corrected chi connectivity index (χ3v) is 10.7. The van der Waals surface area contributed by atoms with Crippen LogP contribution in [0.4, 0.5) is 0 Å². The lowest BCUT2D eigenvalue weighted by atomic mass is 9.48. The number of rotatable bonds is 6. The number of ketones is 1. The topological polar surface area (TPSA) is 67.3 Å². The minimum atomic E-state index is -3.47. The highest BCUT2D eigenvalue weighted by Crippen LogP contribution is 2.60. The number of hydrogen-bond acceptors (Lipinski definition) is 5. The Labute approximate surface area is 184 Å². The molecule has 4 aliphatic carbocycles. The van der Waals surface area contributed by atoms with Crippen LogP contribution in [0.1, 0.15) is 64.2 Å². The van der Waals surface area contributed by atoms with Crippen molar-refractivity contribution in [3.63, 3.8) is 0 Å². The van der Waals surface area contributed by atoms with Crippen molar-refractivity contribution >= 4 is 27.6 Å². The molecule has 1 aromatic rings. The maximum atomic E-state index is 13.2. The van der Waals surface area contributed by atoms with Crippen LogP contribution in [0.3, 0.4) is 0 Å². The zero-order valence-corrected chi connectivity index (χ0v) is 19.2. The summed E-state index contributed by atoms with van der Waals surface area (Å²) in [5, 5.41) is 0.739. The predicted octanol–water partition coefficient (Wildman–Crippen LogP) is 4.52. The Bertz CT molecular complexity index is 854. The Morgan fingerprint density at radius 1 is 1.00 bits per heavy atom. The minimum absolute atomic E-state index is 0.0716. The molecule has 1 saturated heterocycles. The van der Waals surface area contributed by atoms with Crippen LogP contribution in [0.2, 0.25) is 0 Å². The molecular weight excluding hydrogens is 416 g/mol. The van der Waals surface area contributed by atoms with Gasteiger partial charge in [0.25, 0.3) is 0 Å². The maximum absolute atomic E-state index is 13.2. The second-order valence-corrected chi connectivity index (χ2v) is 13.0. The van der Waals surface area contributed by atoms with Gasteiger partial charge in [-0.25, -0.2) is 13.4 Å². The number of pyridine rings is 1. The van der Waals surface area contributed by atoms with Gasteiger partial charge >= 0.3 is 0 Å². The molecule has 7 heteroatoms. The van der Waals surface area contributed by atoms with Crippen LogP contribution in [0.25, 0.3) is 0 Å². The zero-order chi connectivity index (χ0) is 20.8. The Morgan fingerprint density at radius 3 is 2.13 bits per heavy atom. The first-order valence-electron chi connectivity index (χ1n) is 11.6. The fourth-order valence-electron chi connectivity index (χ4n) is 6.78. The molecule has 0 atom stereocenters. The molecule has 5 aliphatic rings. The second kappa shape index (κ2) is 8.21. The number of nitrogens with zero attached hydrogens (tertiary/aromatic N) is 2. The first-order valence-corrected chi connectivity index (χ1v) is 14.0. The van der Waals surface area contributed by atoms with E-state index in [9.17, 15) is 13.2 Å². The monoisotopic (exact) mass is 448 g/mol. The van der Waals surface area contributed by atoms with E-state index >= 15 is 0 Å². The summed E-state index contributed by atoms with van der Waals surface area (Å²) in [6, 6.07) is 3.42. The molecule has 5 nitrogen and oxygen atoms in total. The Morgan fingerprint density at radius 2 is 1.60 bits per heavy atom. The number of sulfonamides is 1. The van der Waals surface area contributed by atoms with Crippen molar-refractivity contribution in [2.75, 3.05) is 18.8 Å². The summed E-state index contributed by atoms with van der Waals surface area (Å²) < 4.78 is 27.4. The molecule has 0 aromatic carbocycles. The molecule has 0 unspecified atom stereocenters. The number of hydrogen-bond donors (Lipinski definition) is 0. The molecule has 5 fully saturated rings. The molecule has 4 bridgehead atoms. The van der Waals surface area contributed by atoms with Crippen LogP contribution < -0.4 is 0 Å². The van der Waals surface area contributed by atoms with Gasteiger partial charge in [0.15, 0.2) is 0 Å². The van der Waals surface area contributed by atoms with Crippen LogP contribution >= 0.6 is 11.8 Å². The standard InChI is InChI=1S/C23H32N2O3S2/c26-21(23-12-17-9-18(13-23)11-19(10-17)14-23)16-29-22-6-5-20(15-24-22)30(27,28)25-7-3-1-2-4-8-25/h5-6,15,17-19H,1-4,7-14,16H2. The lowest BCUT2D eigenvalue weighted by Crippen LogP contribution is -2.50. The highest BCUT2D eigenvalue weighted by Gasteiger charge is 2.54. The number of carbonyl (C=O) groups excluding carboxylic acids is 1. The number of Topliss-reactive ketones (excluding diaryl/α,β-unsaturated/α-hetero) is 1. The van der Waals surface area contributed by atoms with Gasteiger partial charge in [0.1, 0.15) is 10.7 Å². The van der Waals surface area contributed by atoms with Gasteiger partial charge < -0.3 is 0 Å². The van der Waals surface area contributed by atoms with Crippen LogP contribution in [-0.4, -0.2) is 42.3 Å². The summed E-state index contributed by atoms with van der Waals surface area (Å²) in [4.78, 5) is 17.8. The minimum Gasteiger partial charge on any atom is -0.298 e. The quantitative estimate of drug-likeness (QED) is 0.599. The summed E-state index contributed by atoms with van der Waals surface area (Å²) in [6.45, 7) is 1.19. The van der Waals surface area contributed by atoms with E-state index in [4.69, 9.17) is 0 Å². The van der Waals surface area contributed by atoms with Crippen LogP contribution in [0.5, 0.6) is 0 Å². The zero-order valence-electron chi connectivity index (χ0n) is 17.6. The largest absolute Gasteiger partial charge is 0.298 e. The average Bonchev–Trinajstić information content (AvgIpc) is 3.01. The molecule has 2 heterocycles. The number of thioether (sulfide) groups is 1. The van der Waals surface area contributed by atoms with Gasteiger partial charge in [-0.1, -0.05) is 24.6 Å². The predicted molar refractivity (Wildman–Crippen MR) is 118 cm³/mol. The highest BCUT2D eigenvalue weighted by atomic mass is 32.2. The molecule has 0 spiro atoms. The molecule has 6 rings (SSSR count). The molecule has 4 saturated carbocycles. The van der Waals surface area contributed by atoms with E-state index in [0.717, 1.165) is 67.7 Å². The molecule has 1 aliphatic heterocycles. The summed E-state index contributed by atoms with van der Waals surface area (Å²) >= 11 is 1.47. The fraction of sp³-hybridized carbons (Fsp3) is 0.739. The Balaban J connectivity index is 1.22. The van der Waals surface area contributed by atoms with E-state index in [-0.39, 0.29) is 10.3 Å². The maximum Gasteiger partial charge on any atom is 0.244 e. The first-order chi connectivity index (χ1) is 14.4. The van der Waals surface area contributed by atoms with Crippen molar-refractivity contribution in [2.45, 2.75) is 74.1 Å². The molecule has 1 aromatic heterocycles. The molecule has 30 heavy (non-hydrogen) atoms. The lowest BCUT2D eigenvalue weighted by Gasteiger charge is -2.56. The number of carbonyl (C=O) groups is 1. The van der Waals surface area contributed by atoms with Gasteiger partial charge in [-0.2, -0.15) is 4.31 Å². The van der Waals surface area contributed by atoms with Gasteiger partial charge in [-0.15, -0.1) is 0 Å². The van der Waals surface area contributed by atoms with Crippen LogP contribution in [0.15, 0.2) is 28.3 Å². The van der Waals surface area contributed by atoms with Gasteiger partial charge in [-0.05, 0) is 81.3 Å². The Kier molecular flexibility index (Phi) is 5.73. The molecule has 0 radical (unpaired) electrons. The van der Waals surface area contributed by atoms with E-state index in [1.54, 1.807) is 16.4 Å². The van der Waals surface area contributed by atoms with Gasteiger partial charge in [0.05, 0.1) is 10.8 Å². The van der Waals surface area contributed by atoms with Crippen molar-refractivity contribution in [1.29, 1.82) is 0 Å². The third kappa shape index (κ3) is 3.97. The SMILES string of the molecule is O=C(CSc1ccc(S(=O)(=O)N2CCCCCC2)cn1)C12CC3CC(CC(C3)C1)C2. The Hall–Kier alpha value is -0.920. The first kappa shape index (κ1) is 21.0. The van der Waals surface area contributed by atoms with E-state index in [0.29, 0.717) is 24.6 Å². The van der Waals surface area contributed by atoms with E-state index in [1.807, 2.05) is 0 Å². The van der Waals surface area contributed by atoms with E-state index < -0.39 is 10.0 Å². The van der Waals surface area contributed by atoms with Crippen molar-refractivity contribution in [2.24, 2.45) is 23.2 Å². The molecule has 0 amide bonds. The van der Waals surface area contributed by atoms with Crippen LogP contribution in [0, 0.1) is 23.2 Å². The molecule has 164 valence electrons. The summed E-state index contributed by atoms with van der Waals surface area (Å²) in [5.41, 5.74) is -0.0716. The van der Waals surface area contributed by atoms with Gasteiger partial charge in [0.2, 0.25) is 10.0 Å². The average molecular weight is 449 g/mol. The fourth-order valence-corrected chi connectivity index (χ4v) is 9.12. The van der Waals surface area contributed by atoms with Gasteiger partial charge in [-0.3, -0.25) is 4.79 Å². The van der Waals surface area contributed by atoms with Crippen molar-refractivity contribution in [3.05, 3.63) is 18.3 Å². The summed E-state index contributed by atoms with van der Waals surface area (Å²) in [7, 11) is -3.47. The summed E-state index contributed by atoms with van der Waals surface area (Å²) in [5.74, 6) is 3.16.